The van der Waals surface area contributed by atoms with Crippen LogP contribution in [0.25, 0.3) is 0 Å². The first kappa shape index (κ1) is 8.24. The van der Waals surface area contributed by atoms with Crippen LogP contribution in [0.2, 0.25) is 0 Å². The predicted octanol–water partition coefficient (Wildman–Crippen LogP) is 1.78. The van der Waals surface area contributed by atoms with Crippen molar-refractivity contribution in [2.24, 2.45) is 11.8 Å². The van der Waals surface area contributed by atoms with Crippen molar-refractivity contribution in [1.29, 1.82) is 0 Å². The molecule has 0 amide bonds. The lowest BCUT2D eigenvalue weighted by molar-refractivity contribution is -0.123. The summed E-state index contributed by atoms with van der Waals surface area (Å²) in [5.41, 5.74) is 0. The monoisotopic (exact) mass is 168 g/mol. The summed E-state index contributed by atoms with van der Waals surface area (Å²) in [5.74, 6) is 1.39. The van der Waals surface area contributed by atoms with E-state index in [1.807, 2.05) is 0 Å². The average molecular weight is 168 g/mol. The average Bonchev–Trinajstić information content (AvgIpc) is 2.53. The molecule has 0 aromatic carbocycles. The maximum atomic E-state index is 11.4. The van der Waals surface area contributed by atoms with Gasteiger partial charge in [0.15, 0.2) is 0 Å². The fourth-order valence-corrected chi connectivity index (χ4v) is 2.42. The van der Waals surface area contributed by atoms with Crippen molar-refractivity contribution in [2.75, 3.05) is 13.2 Å². The summed E-state index contributed by atoms with van der Waals surface area (Å²) in [6.07, 6.45) is 5.40. The van der Waals surface area contributed by atoms with Crippen molar-refractivity contribution < 1.29 is 9.53 Å². The largest absolute Gasteiger partial charge is 0.381 e. The lowest BCUT2D eigenvalue weighted by Gasteiger charge is -2.26. The van der Waals surface area contributed by atoms with Gasteiger partial charge in [-0.15, -0.1) is 0 Å². The third kappa shape index (κ3) is 1.53. The Labute approximate surface area is 73.3 Å². The van der Waals surface area contributed by atoms with Gasteiger partial charge >= 0.3 is 0 Å². The Kier molecular flexibility index (Phi) is 2.45. The quantitative estimate of drug-likeness (QED) is 0.596. The predicted molar refractivity (Wildman–Crippen MR) is 45.9 cm³/mol. The zero-order valence-corrected chi connectivity index (χ0v) is 7.42. The second-order valence-electron chi connectivity index (χ2n) is 3.94. The SMILES string of the molecule is O=C1CCCC1C1CCCOC1. The van der Waals surface area contributed by atoms with Crippen molar-refractivity contribution in [1.82, 2.24) is 0 Å². The van der Waals surface area contributed by atoms with Crippen LogP contribution in [0, 0.1) is 11.8 Å². The van der Waals surface area contributed by atoms with E-state index in [9.17, 15) is 4.79 Å². The maximum absolute atomic E-state index is 11.4. The van der Waals surface area contributed by atoms with E-state index in [4.69, 9.17) is 4.74 Å². The number of hydrogen-bond acceptors (Lipinski definition) is 2. The van der Waals surface area contributed by atoms with Gasteiger partial charge < -0.3 is 4.74 Å². The van der Waals surface area contributed by atoms with E-state index >= 15 is 0 Å². The Hall–Kier alpha value is -0.370. The Balaban J connectivity index is 1.93. The van der Waals surface area contributed by atoms with E-state index in [-0.39, 0.29) is 0 Å². The number of rotatable bonds is 1. The third-order valence-corrected chi connectivity index (χ3v) is 3.12. The molecular formula is C10H16O2. The minimum Gasteiger partial charge on any atom is -0.381 e. The van der Waals surface area contributed by atoms with Gasteiger partial charge in [-0.2, -0.15) is 0 Å². The molecule has 2 heteroatoms. The van der Waals surface area contributed by atoms with Crippen LogP contribution in [-0.4, -0.2) is 19.0 Å². The first-order valence-electron chi connectivity index (χ1n) is 4.98. The molecule has 12 heavy (non-hydrogen) atoms. The van der Waals surface area contributed by atoms with Crippen LogP contribution in [0.15, 0.2) is 0 Å². The molecule has 0 bridgehead atoms. The minimum absolute atomic E-state index is 0.352. The van der Waals surface area contributed by atoms with Crippen LogP contribution >= 0.6 is 0 Å². The number of carbonyl (C=O) groups excluding carboxylic acids is 1. The zero-order valence-electron chi connectivity index (χ0n) is 7.42. The van der Waals surface area contributed by atoms with E-state index in [1.54, 1.807) is 0 Å². The second kappa shape index (κ2) is 3.56. The molecule has 1 saturated heterocycles. The molecule has 0 aromatic heterocycles. The van der Waals surface area contributed by atoms with Crippen molar-refractivity contribution >= 4 is 5.78 Å². The summed E-state index contributed by atoms with van der Waals surface area (Å²) in [5, 5.41) is 0. The highest BCUT2D eigenvalue weighted by molar-refractivity contribution is 5.83. The van der Waals surface area contributed by atoms with Crippen LogP contribution in [0.5, 0.6) is 0 Å². The molecule has 0 spiro atoms. The van der Waals surface area contributed by atoms with E-state index in [0.717, 1.165) is 38.9 Å². The molecule has 2 rings (SSSR count). The van der Waals surface area contributed by atoms with Gasteiger partial charge in [-0.3, -0.25) is 4.79 Å². The first-order chi connectivity index (χ1) is 5.88. The molecule has 2 unspecified atom stereocenters. The molecule has 0 N–H and O–H groups in total. The summed E-state index contributed by atoms with van der Waals surface area (Å²) in [6.45, 7) is 1.73. The van der Waals surface area contributed by atoms with Crippen molar-refractivity contribution in [2.45, 2.75) is 32.1 Å². The number of Topliss-reactive ketones (excluding diaryl/α,β-unsaturated/α-hetero) is 1. The second-order valence-corrected chi connectivity index (χ2v) is 3.94. The number of ether oxygens (including phenoxy) is 1. The highest BCUT2D eigenvalue weighted by Gasteiger charge is 2.32. The number of ketones is 1. The molecule has 1 saturated carbocycles. The fourth-order valence-electron chi connectivity index (χ4n) is 2.42. The van der Waals surface area contributed by atoms with Crippen LogP contribution in [-0.2, 0) is 9.53 Å². The van der Waals surface area contributed by atoms with E-state index in [2.05, 4.69) is 0 Å². The van der Waals surface area contributed by atoms with Crippen molar-refractivity contribution in [3.63, 3.8) is 0 Å². The zero-order chi connectivity index (χ0) is 8.39. The van der Waals surface area contributed by atoms with Gasteiger partial charge in [-0.25, -0.2) is 0 Å². The molecule has 1 aliphatic heterocycles. The lowest BCUT2D eigenvalue weighted by atomic mass is 9.86. The fraction of sp³-hybridized carbons (Fsp3) is 0.900. The molecule has 1 aliphatic carbocycles. The van der Waals surface area contributed by atoms with E-state index < -0.39 is 0 Å². The van der Waals surface area contributed by atoms with Crippen molar-refractivity contribution in [3.8, 4) is 0 Å². The standard InChI is InChI=1S/C10H16O2/c11-10-5-1-4-9(10)8-3-2-6-12-7-8/h8-9H,1-7H2. The first-order valence-corrected chi connectivity index (χ1v) is 4.98. The van der Waals surface area contributed by atoms with Gasteiger partial charge in [-0.05, 0) is 31.6 Å². The summed E-state index contributed by atoms with van der Waals surface area (Å²) in [4.78, 5) is 11.4. The molecule has 68 valence electrons. The van der Waals surface area contributed by atoms with Crippen LogP contribution in [0.4, 0.5) is 0 Å². The summed E-state index contributed by atoms with van der Waals surface area (Å²) < 4.78 is 5.39. The molecule has 2 fully saturated rings. The smallest absolute Gasteiger partial charge is 0.136 e. The third-order valence-electron chi connectivity index (χ3n) is 3.12. The van der Waals surface area contributed by atoms with Gasteiger partial charge in [0.05, 0.1) is 6.61 Å². The van der Waals surface area contributed by atoms with Gasteiger partial charge in [0.1, 0.15) is 5.78 Å². The number of carbonyl (C=O) groups is 1. The van der Waals surface area contributed by atoms with Gasteiger partial charge in [0.2, 0.25) is 0 Å². The Bertz CT molecular complexity index is 171. The van der Waals surface area contributed by atoms with Gasteiger partial charge in [-0.1, -0.05) is 0 Å². The lowest BCUT2D eigenvalue weighted by Crippen LogP contribution is -2.27. The van der Waals surface area contributed by atoms with E-state index in [0.29, 0.717) is 17.6 Å². The van der Waals surface area contributed by atoms with Crippen LogP contribution in [0.3, 0.4) is 0 Å². The van der Waals surface area contributed by atoms with Crippen LogP contribution < -0.4 is 0 Å². The highest BCUT2D eigenvalue weighted by Crippen LogP contribution is 2.32. The number of hydrogen-bond donors (Lipinski definition) is 0. The van der Waals surface area contributed by atoms with Crippen LogP contribution in [0.1, 0.15) is 32.1 Å². The minimum atomic E-state index is 0.352. The molecule has 0 radical (unpaired) electrons. The van der Waals surface area contributed by atoms with Crippen molar-refractivity contribution in [3.05, 3.63) is 0 Å². The van der Waals surface area contributed by atoms with E-state index in [1.165, 1.54) is 6.42 Å². The summed E-state index contributed by atoms with van der Waals surface area (Å²) in [7, 11) is 0. The Morgan fingerprint density at radius 1 is 1.25 bits per heavy atom. The summed E-state index contributed by atoms with van der Waals surface area (Å²) >= 11 is 0. The molecule has 2 atom stereocenters. The maximum Gasteiger partial charge on any atom is 0.136 e. The van der Waals surface area contributed by atoms with Gasteiger partial charge in [0, 0.05) is 18.9 Å². The normalized spacial score (nSPS) is 37.2. The summed E-state index contributed by atoms with van der Waals surface area (Å²) in [6, 6.07) is 0. The molecule has 2 nitrogen and oxygen atoms in total. The Morgan fingerprint density at radius 2 is 2.17 bits per heavy atom. The molecule has 2 aliphatic rings. The van der Waals surface area contributed by atoms with Gasteiger partial charge in [0.25, 0.3) is 0 Å². The highest BCUT2D eigenvalue weighted by atomic mass is 16.5. The molecule has 1 heterocycles. The topological polar surface area (TPSA) is 26.3 Å². The molecular weight excluding hydrogens is 152 g/mol. The Morgan fingerprint density at radius 3 is 2.75 bits per heavy atom. The molecule has 0 aromatic rings.